The second-order valence-corrected chi connectivity index (χ2v) is 4.41. The zero-order valence-electron chi connectivity index (χ0n) is 8.66. The number of hydrogen-bond donors (Lipinski definition) is 0. The first-order valence-corrected chi connectivity index (χ1v) is 5.64. The molecule has 0 heterocycles. The molecule has 1 aromatic rings. The highest BCUT2D eigenvalue weighted by Crippen LogP contribution is 2.33. The maximum absolute atomic E-state index is 13.4. The average Bonchev–Trinajstić information content (AvgIpc) is 2.71. The van der Waals surface area contributed by atoms with E-state index in [1.165, 1.54) is 12.1 Å². The Bertz CT molecular complexity index is 374. The third-order valence-corrected chi connectivity index (χ3v) is 3.12. The number of benzene rings is 1. The maximum atomic E-state index is 13.4. The predicted octanol–water partition coefficient (Wildman–Crippen LogP) is 3.23. The number of rotatable bonds is 3. The Balaban J connectivity index is 2.07. The van der Waals surface area contributed by atoms with Crippen molar-refractivity contribution in [2.45, 2.75) is 25.4 Å². The molecule has 1 fully saturated rings. The number of aldehydes is 1. The normalized spacial score (nSPS) is 24.4. The van der Waals surface area contributed by atoms with Crippen LogP contribution in [-0.4, -0.2) is 12.4 Å². The van der Waals surface area contributed by atoms with E-state index in [1.54, 1.807) is 6.07 Å². The lowest BCUT2D eigenvalue weighted by atomic mass is 10.1. The van der Waals surface area contributed by atoms with Gasteiger partial charge in [0.25, 0.3) is 0 Å². The molecular formula is C12H12ClFO2. The monoisotopic (exact) mass is 242 g/mol. The molecule has 2 atom stereocenters. The van der Waals surface area contributed by atoms with Crippen LogP contribution in [0.15, 0.2) is 18.2 Å². The number of carbonyl (C=O) groups excluding carboxylic acids is 1. The molecule has 0 spiro atoms. The number of ether oxygens (including phenoxy) is 1. The van der Waals surface area contributed by atoms with Gasteiger partial charge in [0.1, 0.15) is 6.29 Å². The second kappa shape index (κ2) is 4.83. The van der Waals surface area contributed by atoms with Gasteiger partial charge in [0.15, 0.2) is 11.6 Å². The Morgan fingerprint density at radius 3 is 2.88 bits per heavy atom. The lowest BCUT2D eigenvalue weighted by molar-refractivity contribution is -0.111. The fraction of sp³-hybridized carbons (Fsp3) is 0.417. The molecule has 86 valence electrons. The van der Waals surface area contributed by atoms with Crippen molar-refractivity contribution >= 4 is 17.9 Å². The number of para-hydroxylation sites is 1. The van der Waals surface area contributed by atoms with Gasteiger partial charge < -0.3 is 9.53 Å². The Morgan fingerprint density at radius 2 is 2.25 bits per heavy atom. The highest BCUT2D eigenvalue weighted by atomic mass is 35.5. The average molecular weight is 243 g/mol. The summed E-state index contributed by atoms with van der Waals surface area (Å²) in [5, 5.41) is 0.273. The summed E-state index contributed by atoms with van der Waals surface area (Å²) in [6.07, 6.45) is 3.05. The molecule has 2 rings (SSSR count). The zero-order valence-corrected chi connectivity index (χ0v) is 9.41. The Labute approximate surface area is 98.4 Å². The van der Waals surface area contributed by atoms with E-state index in [4.69, 9.17) is 16.3 Å². The van der Waals surface area contributed by atoms with E-state index < -0.39 is 5.82 Å². The van der Waals surface area contributed by atoms with Gasteiger partial charge in [-0.25, -0.2) is 4.39 Å². The molecule has 1 saturated carbocycles. The summed E-state index contributed by atoms with van der Waals surface area (Å²) in [4.78, 5) is 10.6. The summed E-state index contributed by atoms with van der Waals surface area (Å²) in [6, 6.07) is 4.44. The summed E-state index contributed by atoms with van der Waals surface area (Å²) >= 11 is 5.84. The van der Waals surface area contributed by atoms with Crippen molar-refractivity contribution in [2.24, 2.45) is 5.92 Å². The maximum Gasteiger partial charge on any atom is 0.173 e. The van der Waals surface area contributed by atoms with Gasteiger partial charge in [-0.05, 0) is 31.4 Å². The van der Waals surface area contributed by atoms with Gasteiger partial charge in [-0.3, -0.25) is 0 Å². The molecule has 1 aliphatic rings. The van der Waals surface area contributed by atoms with Crippen LogP contribution in [0.4, 0.5) is 4.39 Å². The number of carbonyl (C=O) groups is 1. The first kappa shape index (κ1) is 11.4. The molecule has 2 nitrogen and oxygen atoms in total. The summed E-state index contributed by atoms with van der Waals surface area (Å²) in [5.74, 6) is -0.321. The van der Waals surface area contributed by atoms with E-state index in [9.17, 15) is 9.18 Å². The quantitative estimate of drug-likeness (QED) is 0.761. The molecule has 4 heteroatoms. The minimum Gasteiger partial charge on any atom is -0.486 e. The lowest BCUT2D eigenvalue weighted by Gasteiger charge is -2.14. The summed E-state index contributed by atoms with van der Waals surface area (Å²) < 4.78 is 18.9. The molecule has 0 aliphatic heterocycles. The van der Waals surface area contributed by atoms with Crippen molar-refractivity contribution in [3.05, 3.63) is 29.0 Å². The summed E-state index contributed by atoms with van der Waals surface area (Å²) in [5.41, 5.74) is 0. The molecule has 1 aromatic carbocycles. The van der Waals surface area contributed by atoms with Crippen molar-refractivity contribution in [3.8, 4) is 5.75 Å². The Morgan fingerprint density at radius 1 is 1.44 bits per heavy atom. The Kier molecular flexibility index (Phi) is 3.44. The van der Waals surface area contributed by atoms with Crippen LogP contribution in [0, 0.1) is 11.7 Å². The molecule has 0 amide bonds. The van der Waals surface area contributed by atoms with E-state index >= 15 is 0 Å². The van der Waals surface area contributed by atoms with Crippen molar-refractivity contribution in [1.82, 2.24) is 0 Å². The van der Waals surface area contributed by atoms with E-state index in [0.717, 1.165) is 19.1 Å². The minimum atomic E-state index is -0.456. The molecule has 0 bridgehead atoms. The smallest absolute Gasteiger partial charge is 0.173 e. The molecule has 1 aliphatic carbocycles. The van der Waals surface area contributed by atoms with Crippen LogP contribution in [0.25, 0.3) is 0 Å². The topological polar surface area (TPSA) is 26.3 Å². The van der Waals surface area contributed by atoms with Crippen LogP contribution in [-0.2, 0) is 4.79 Å². The van der Waals surface area contributed by atoms with Crippen LogP contribution < -0.4 is 4.74 Å². The molecule has 0 saturated heterocycles. The zero-order chi connectivity index (χ0) is 11.5. The SMILES string of the molecule is O=C[C@H]1CC[C@H](Oc2c(F)cccc2Cl)C1. The van der Waals surface area contributed by atoms with Crippen molar-refractivity contribution in [3.63, 3.8) is 0 Å². The molecule has 16 heavy (non-hydrogen) atoms. The van der Waals surface area contributed by atoms with Gasteiger partial charge in [-0.1, -0.05) is 17.7 Å². The van der Waals surface area contributed by atoms with Gasteiger partial charge in [-0.15, -0.1) is 0 Å². The largest absolute Gasteiger partial charge is 0.486 e. The predicted molar refractivity (Wildman–Crippen MR) is 59.2 cm³/mol. The van der Waals surface area contributed by atoms with Crippen molar-refractivity contribution in [1.29, 1.82) is 0 Å². The fourth-order valence-electron chi connectivity index (χ4n) is 1.97. The molecule has 0 unspecified atom stereocenters. The highest BCUT2D eigenvalue weighted by molar-refractivity contribution is 6.32. The van der Waals surface area contributed by atoms with Gasteiger partial charge in [0, 0.05) is 5.92 Å². The third kappa shape index (κ3) is 2.35. The molecular weight excluding hydrogens is 231 g/mol. The minimum absolute atomic E-state index is 0.0375. The first-order chi connectivity index (χ1) is 7.70. The molecule has 0 aromatic heterocycles. The second-order valence-electron chi connectivity index (χ2n) is 4.00. The summed E-state index contributed by atoms with van der Waals surface area (Å²) in [7, 11) is 0. The molecule has 0 radical (unpaired) electrons. The fourth-order valence-corrected chi connectivity index (χ4v) is 2.17. The highest BCUT2D eigenvalue weighted by Gasteiger charge is 2.26. The van der Waals surface area contributed by atoms with Gasteiger partial charge in [0.2, 0.25) is 0 Å². The van der Waals surface area contributed by atoms with E-state index in [2.05, 4.69) is 0 Å². The number of hydrogen-bond acceptors (Lipinski definition) is 2. The van der Waals surface area contributed by atoms with Crippen LogP contribution in [0.5, 0.6) is 5.75 Å². The van der Waals surface area contributed by atoms with Gasteiger partial charge >= 0.3 is 0 Å². The van der Waals surface area contributed by atoms with Crippen molar-refractivity contribution in [2.75, 3.05) is 0 Å². The van der Waals surface area contributed by atoms with Crippen LogP contribution in [0.2, 0.25) is 5.02 Å². The van der Waals surface area contributed by atoms with E-state index in [1.807, 2.05) is 0 Å². The van der Waals surface area contributed by atoms with Crippen molar-refractivity contribution < 1.29 is 13.9 Å². The van der Waals surface area contributed by atoms with Gasteiger partial charge in [-0.2, -0.15) is 0 Å². The lowest BCUT2D eigenvalue weighted by Crippen LogP contribution is -2.13. The Hall–Kier alpha value is -1.09. The molecule has 0 N–H and O–H groups in total. The number of halogens is 2. The standard InChI is InChI=1S/C12H12ClFO2/c13-10-2-1-3-11(14)12(10)16-9-5-4-8(6-9)7-15/h1-3,7-9H,4-6H2/t8-,9-/m0/s1. The summed E-state index contributed by atoms with van der Waals surface area (Å²) in [6.45, 7) is 0. The van der Waals surface area contributed by atoms with Crippen LogP contribution >= 0.6 is 11.6 Å². The third-order valence-electron chi connectivity index (χ3n) is 2.82. The van der Waals surface area contributed by atoms with Crippen LogP contribution in [0.1, 0.15) is 19.3 Å². The van der Waals surface area contributed by atoms with Crippen LogP contribution in [0.3, 0.4) is 0 Å². The first-order valence-electron chi connectivity index (χ1n) is 5.26. The van der Waals surface area contributed by atoms with E-state index in [-0.39, 0.29) is 22.8 Å². The van der Waals surface area contributed by atoms with Gasteiger partial charge in [0.05, 0.1) is 11.1 Å². The van der Waals surface area contributed by atoms with E-state index in [0.29, 0.717) is 6.42 Å².